The monoisotopic (exact) mass is 253 g/mol. The van der Waals surface area contributed by atoms with Crippen LogP contribution in [0.5, 0.6) is 0 Å². The topological polar surface area (TPSA) is 38.3 Å². The van der Waals surface area contributed by atoms with Crippen LogP contribution in [0.4, 0.5) is 0 Å². The Morgan fingerprint density at radius 1 is 1.47 bits per heavy atom. The zero-order chi connectivity index (χ0) is 12.3. The van der Waals surface area contributed by atoms with Crippen LogP contribution in [0, 0.1) is 5.92 Å². The van der Waals surface area contributed by atoms with E-state index in [2.05, 4.69) is 10.1 Å². The minimum Gasteiger partial charge on any atom is -0.468 e. The summed E-state index contributed by atoms with van der Waals surface area (Å²) in [6.07, 6.45) is 2.42. The van der Waals surface area contributed by atoms with Crippen LogP contribution >= 0.6 is 11.6 Å². The molecule has 0 amide bonds. The molecule has 1 atom stereocenters. The molecule has 1 aliphatic carbocycles. The first-order valence-electron chi connectivity index (χ1n) is 5.76. The number of nitrogens with one attached hydrogen (secondary N) is 1. The average molecular weight is 254 g/mol. The zero-order valence-corrected chi connectivity index (χ0v) is 10.5. The van der Waals surface area contributed by atoms with Crippen molar-refractivity contribution in [2.45, 2.75) is 18.9 Å². The smallest absolute Gasteiger partial charge is 0.319 e. The summed E-state index contributed by atoms with van der Waals surface area (Å²) in [6, 6.07) is 8.01. The number of ether oxygens (including phenoxy) is 1. The number of methoxy groups -OCH3 is 1. The van der Waals surface area contributed by atoms with Crippen molar-refractivity contribution in [3.8, 4) is 0 Å². The van der Waals surface area contributed by atoms with Gasteiger partial charge in [0.1, 0.15) is 0 Å². The van der Waals surface area contributed by atoms with E-state index in [1.54, 1.807) is 0 Å². The molecule has 17 heavy (non-hydrogen) atoms. The van der Waals surface area contributed by atoms with Crippen LogP contribution in [0.1, 0.15) is 24.4 Å². The minimum absolute atomic E-state index is 0.228. The molecule has 1 saturated carbocycles. The third kappa shape index (κ3) is 3.45. The van der Waals surface area contributed by atoms with Crippen LogP contribution in [0.3, 0.4) is 0 Å². The van der Waals surface area contributed by atoms with Gasteiger partial charge in [0.2, 0.25) is 0 Å². The van der Waals surface area contributed by atoms with Crippen molar-refractivity contribution in [3.63, 3.8) is 0 Å². The van der Waals surface area contributed by atoms with Gasteiger partial charge >= 0.3 is 5.97 Å². The number of halogens is 1. The fraction of sp³-hybridized carbons (Fsp3) is 0.462. The third-order valence-corrected chi connectivity index (χ3v) is 3.27. The number of hydrogen-bond acceptors (Lipinski definition) is 3. The van der Waals surface area contributed by atoms with E-state index in [1.165, 1.54) is 25.5 Å². The summed E-state index contributed by atoms with van der Waals surface area (Å²) in [4.78, 5) is 11.1. The zero-order valence-electron chi connectivity index (χ0n) is 9.78. The van der Waals surface area contributed by atoms with E-state index in [-0.39, 0.29) is 18.6 Å². The summed E-state index contributed by atoms with van der Waals surface area (Å²) in [5.41, 5.74) is 1.18. The second-order valence-electron chi connectivity index (χ2n) is 4.32. The largest absolute Gasteiger partial charge is 0.468 e. The molecule has 1 unspecified atom stereocenters. The van der Waals surface area contributed by atoms with Crippen molar-refractivity contribution in [1.29, 1.82) is 0 Å². The van der Waals surface area contributed by atoms with Gasteiger partial charge in [0, 0.05) is 11.1 Å². The van der Waals surface area contributed by atoms with Crippen LogP contribution in [-0.4, -0.2) is 19.6 Å². The molecule has 0 aliphatic heterocycles. The Bertz CT molecular complexity index is 387. The van der Waals surface area contributed by atoms with Crippen molar-refractivity contribution in [1.82, 2.24) is 5.32 Å². The van der Waals surface area contributed by atoms with Gasteiger partial charge in [-0.1, -0.05) is 23.7 Å². The minimum atomic E-state index is -0.232. The highest BCUT2D eigenvalue weighted by molar-refractivity contribution is 6.30. The van der Waals surface area contributed by atoms with E-state index in [0.717, 1.165) is 5.02 Å². The van der Waals surface area contributed by atoms with Gasteiger partial charge in [0.15, 0.2) is 0 Å². The van der Waals surface area contributed by atoms with Gasteiger partial charge in [-0.15, -0.1) is 0 Å². The Labute approximate surface area is 106 Å². The first-order chi connectivity index (χ1) is 8.20. The molecule has 1 aliphatic rings. The number of esters is 1. The molecular formula is C13H16ClNO2. The lowest BCUT2D eigenvalue weighted by Crippen LogP contribution is -2.29. The Kier molecular flexibility index (Phi) is 4.02. The van der Waals surface area contributed by atoms with E-state index < -0.39 is 0 Å². The lowest BCUT2D eigenvalue weighted by molar-refractivity contribution is -0.139. The van der Waals surface area contributed by atoms with Crippen molar-refractivity contribution in [2.24, 2.45) is 5.92 Å². The molecule has 0 bridgehead atoms. The molecule has 0 saturated heterocycles. The molecule has 0 heterocycles. The summed E-state index contributed by atoms with van der Waals surface area (Å²) in [5.74, 6) is 0.394. The standard InChI is InChI=1S/C13H16ClNO2/c1-17-12(16)8-15-13(9-2-3-9)10-4-6-11(14)7-5-10/h4-7,9,13,15H,2-3,8H2,1H3. The predicted octanol–water partition coefficient (Wildman–Crippen LogP) is 2.55. The van der Waals surface area contributed by atoms with Crippen molar-refractivity contribution in [3.05, 3.63) is 34.9 Å². The lowest BCUT2D eigenvalue weighted by atomic mass is 10.0. The Hall–Kier alpha value is -1.06. The highest BCUT2D eigenvalue weighted by Gasteiger charge is 2.32. The van der Waals surface area contributed by atoms with E-state index >= 15 is 0 Å². The van der Waals surface area contributed by atoms with E-state index in [9.17, 15) is 4.79 Å². The van der Waals surface area contributed by atoms with Crippen LogP contribution in [0.2, 0.25) is 5.02 Å². The number of rotatable bonds is 5. The van der Waals surface area contributed by atoms with Crippen LogP contribution in [-0.2, 0) is 9.53 Å². The van der Waals surface area contributed by atoms with E-state index in [1.807, 2.05) is 24.3 Å². The fourth-order valence-electron chi connectivity index (χ4n) is 1.92. The number of hydrogen-bond donors (Lipinski definition) is 1. The first kappa shape index (κ1) is 12.4. The summed E-state index contributed by atoms with van der Waals surface area (Å²) in [6.45, 7) is 0.250. The highest BCUT2D eigenvalue weighted by Crippen LogP contribution is 2.41. The van der Waals surface area contributed by atoms with Gasteiger partial charge in [-0.2, -0.15) is 0 Å². The molecule has 3 nitrogen and oxygen atoms in total. The van der Waals surface area contributed by atoms with Gasteiger partial charge in [-0.25, -0.2) is 0 Å². The Morgan fingerprint density at radius 3 is 2.65 bits per heavy atom. The normalized spacial score (nSPS) is 16.6. The van der Waals surface area contributed by atoms with Gasteiger partial charge in [0.05, 0.1) is 13.7 Å². The highest BCUT2D eigenvalue weighted by atomic mass is 35.5. The van der Waals surface area contributed by atoms with Crippen LogP contribution in [0.25, 0.3) is 0 Å². The lowest BCUT2D eigenvalue weighted by Gasteiger charge is -2.18. The van der Waals surface area contributed by atoms with Gasteiger partial charge in [0.25, 0.3) is 0 Å². The van der Waals surface area contributed by atoms with Gasteiger partial charge in [-0.3, -0.25) is 10.1 Å². The summed E-state index contributed by atoms with van der Waals surface area (Å²) in [7, 11) is 1.40. The average Bonchev–Trinajstić information content (AvgIpc) is 3.15. The summed E-state index contributed by atoms with van der Waals surface area (Å²) >= 11 is 5.87. The molecule has 1 aromatic rings. The number of carbonyl (C=O) groups is 1. The second kappa shape index (κ2) is 5.52. The summed E-state index contributed by atoms with van der Waals surface area (Å²) < 4.78 is 4.63. The molecule has 92 valence electrons. The maximum atomic E-state index is 11.1. The summed E-state index contributed by atoms with van der Waals surface area (Å²) in [5, 5.41) is 3.98. The molecule has 2 rings (SSSR count). The SMILES string of the molecule is COC(=O)CNC(c1ccc(Cl)cc1)C1CC1. The molecule has 0 aromatic heterocycles. The predicted molar refractivity (Wildman–Crippen MR) is 66.9 cm³/mol. The maximum Gasteiger partial charge on any atom is 0.319 e. The molecule has 0 radical (unpaired) electrons. The van der Waals surface area contributed by atoms with Gasteiger partial charge < -0.3 is 4.74 Å². The number of carbonyl (C=O) groups excluding carboxylic acids is 1. The van der Waals surface area contributed by atoms with Gasteiger partial charge in [-0.05, 0) is 36.5 Å². The van der Waals surface area contributed by atoms with E-state index in [0.29, 0.717) is 5.92 Å². The van der Waals surface area contributed by atoms with Crippen molar-refractivity contribution < 1.29 is 9.53 Å². The fourth-order valence-corrected chi connectivity index (χ4v) is 2.05. The molecular weight excluding hydrogens is 238 g/mol. The maximum absolute atomic E-state index is 11.1. The van der Waals surface area contributed by atoms with Crippen molar-refractivity contribution in [2.75, 3.05) is 13.7 Å². The van der Waals surface area contributed by atoms with Crippen LogP contribution < -0.4 is 5.32 Å². The van der Waals surface area contributed by atoms with Crippen molar-refractivity contribution >= 4 is 17.6 Å². The van der Waals surface area contributed by atoms with E-state index in [4.69, 9.17) is 11.6 Å². The molecule has 0 spiro atoms. The Morgan fingerprint density at radius 2 is 2.12 bits per heavy atom. The molecule has 4 heteroatoms. The second-order valence-corrected chi connectivity index (χ2v) is 4.76. The third-order valence-electron chi connectivity index (χ3n) is 3.02. The first-order valence-corrected chi connectivity index (χ1v) is 6.14. The Balaban J connectivity index is 2.01. The number of benzene rings is 1. The molecule has 1 fully saturated rings. The quantitative estimate of drug-likeness (QED) is 0.820. The van der Waals surface area contributed by atoms with Crippen LogP contribution in [0.15, 0.2) is 24.3 Å². The molecule has 1 aromatic carbocycles. The molecule has 1 N–H and O–H groups in total.